The third-order valence-electron chi connectivity index (χ3n) is 4.62. The van der Waals surface area contributed by atoms with E-state index in [0.29, 0.717) is 25.9 Å². The summed E-state index contributed by atoms with van der Waals surface area (Å²) in [6.07, 6.45) is 0.292. The van der Waals surface area contributed by atoms with Crippen molar-refractivity contribution >= 4 is 5.97 Å². The van der Waals surface area contributed by atoms with E-state index in [1.165, 1.54) is 0 Å². The largest absolute Gasteiger partial charge is 0.450 e. The Morgan fingerprint density at radius 3 is 1.92 bits per heavy atom. The Morgan fingerprint density at radius 2 is 1.46 bits per heavy atom. The molecule has 0 saturated carbocycles. The van der Waals surface area contributed by atoms with Gasteiger partial charge >= 0.3 is 5.97 Å². The number of likely N-dealkylation sites (tertiary alicyclic amines) is 1. The summed E-state index contributed by atoms with van der Waals surface area (Å²) >= 11 is 0. The quantitative estimate of drug-likeness (QED) is 0.878. The summed E-state index contributed by atoms with van der Waals surface area (Å²) in [5.41, 5.74) is 0.399. The first kappa shape index (κ1) is 16.7. The molecule has 3 rings (SSSR count). The summed E-state index contributed by atoms with van der Waals surface area (Å²) in [6.45, 7) is 1.37. The molecule has 126 valence electrons. The minimum absolute atomic E-state index is 0.401. The molecule has 4 nitrogen and oxygen atoms in total. The van der Waals surface area contributed by atoms with Gasteiger partial charge in [-0.25, -0.2) is 4.79 Å². The first-order valence-electron chi connectivity index (χ1n) is 8.30. The predicted molar refractivity (Wildman–Crippen MR) is 92.5 cm³/mol. The number of hydrogen-bond acceptors (Lipinski definition) is 4. The van der Waals surface area contributed by atoms with Gasteiger partial charge in [0.25, 0.3) is 0 Å². The van der Waals surface area contributed by atoms with Gasteiger partial charge in [-0.15, -0.1) is 0 Å². The number of carbonyl (C=O) groups excluding carboxylic acids is 1. The second-order valence-electron chi connectivity index (χ2n) is 6.44. The Kier molecular flexibility index (Phi) is 4.97. The number of piperidine rings is 1. The van der Waals surface area contributed by atoms with Crippen molar-refractivity contribution in [1.29, 1.82) is 0 Å². The van der Waals surface area contributed by atoms with Gasteiger partial charge in [-0.2, -0.15) is 0 Å². The number of rotatable bonds is 4. The number of hydrogen-bond donors (Lipinski definition) is 1. The monoisotopic (exact) mass is 325 g/mol. The number of esters is 1. The van der Waals surface area contributed by atoms with E-state index >= 15 is 0 Å². The number of ether oxygens (including phenoxy) is 1. The summed E-state index contributed by atoms with van der Waals surface area (Å²) in [6, 6.07) is 19.3. The van der Waals surface area contributed by atoms with Gasteiger partial charge in [0.2, 0.25) is 0 Å². The van der Waals surface area contributed by atoms with Crippen LogP contribution in [0.25, 0.3) is 0 Å². The van der Waals surface area contributed by atoms with Crippen LogP contribution in [0.2, 0.25) is 0 Å². The maximum absolute atomic E-state index is 12.7. The molecule has 0 radical (unpaired) electrons. The molecule has 0 bridgehead atoms. The van der Waals surface area contributed by atoms with Gasteiger partial charge in [-0.3, -0.25) is 0 Å². The molecule has 0 unspecified atom stereocenters. The third kappa shape index (κ3) is 3.66. The van der Waals surface area contributed by atoms with Gasteiger partial charge in [0.05, 0.1) is 0 Å². The lowest BCUT2D eigenvalue weighted by Crippen LogP contribution is -2.49. The van der Waals surface area contributed by atoms with Crippen LogP contribution in [0.15, 0.2) is 60.7 Å². The van der Waals surface area contributed by atoms with Crippen molar-refractivity contribution in [3.63, 3.8) is 0 Å². The van der Waals surface area contributed by atoms with Crippen LogP contribution in [0.3, 0.4) is 0 Å². The molecule has 0 amide bonds. The third-order valence-corrected chi connectivity index (χ3v) is 4.62. The van der Waals surface area contributed by atoms with Crippen molar-refractivity contribution in [1.82, 2.24) is 4.90 Å². The molecule has 0 atom stereocenters. The van der Waals surface area contributed by atoms with Gasteiger partial charge in [0.15, 0.2) is 11.7 Å². The first-order valence-corrected chi connectivity index (χ1v) is 8.30. The van der Waals surface area contributed by atoms with E-state index < -0.39 is 17.7 Å². The van der Waals surface area contributed by atoms with Gasteiger partial charge in [0.1, 0.15) is 0 Å². The molecule has 0 aliphatic carbocycles. The minimum atomic E-state index is -1.39. The van der Waals surface area contributed by atoms with Crippen LogP contribution in [0.1, 0.15) is 30.1 Å². The normalized spacial score (nSPS) is 17.6. The van der Waals surface area contributed by atoms with E-state index in [1.54, 1.807) is 0 Å². The maximum atomic E-state index is 12.7. The summed E-state index contributed by atoms with van der Waals surface area (Å²) in [4.78, 5) is 14.8. The number of benzene rings is 2. The molecule has 2 aromatic carbocycles. The average Bonchev–Trinajstić information content (AvgIpc) is 2.63. The second kappa shape index (κ2) is 7.16. The summed E-state index contributed by atoms with van der Waals surface area (Å²) in [5.74, 6) is -0.534. The molecule has 0 aromatic heterocycles. The van der Waals surface area contributed by atoms with E-state index in [1.807, 2.05) is 67.7 Å². The van der Waals surface area contributed by atoms with Crippen LogP contribution in [0, 0.1) is 0 Å². The molecule has 1 aliphatic rings. The van der Waals surface area contributed by atoms with Gasteiger partial charge in [0, 0.05) is 13.1 Å². The molecular weight excluding hydrogens is 302 g/mol. The van der Waals surface area contributed by atoms with E-state index in [9.17, 15) is 9.90 Å². The van der Waals surface area contributed by atoms with Crippen molar-refractivity contribution in [2.24, 2.45) is 0 Å². The lowest BCUT2D eigenvalue weighted by Gasteiger charge is -2.35. The standard InChI is InChI=1S/C20H23NO3/c1-21-14-12-20(23,13-15-21)19(22)24-18(16-8-4-2-5-9-16)17-10-6-3-7-11-17/h2-11,18,23H,12-15H2,1H3. The van der Waals surface area contributed by atoms with E-state index in [4.69, 9.17) is 4.74 Å². The highest BCUT2D eigenvalue weighted by Crippen LogP contribution is 2.30. The molecule has 1 N–H and O–H groups in total. The Bertz CT molecular complexity index is 624. The van der Waals surface area contributed by atoms with Gasteiger partial charge in [-0.05, 0) is 31.0 Å². The van der Waals surface area contributed by atoms with Crippen molar-refractivity contribution in [2.75, 3.05) is 20.1 Å². The number of carbonyl (C=O) groups is 1. The van der Waals surface area contributed by atoms with Crippen LogP contribution >= 0.6 is 0 Å². The van der Waals surface area contributed by atoms with Crippen molar-refractivity contribution < 1.29 is 14.6 Å². The molecule has 1 saturated heterocycles. The zero-order chi connectivity index (χ0) is 17.0. The van der Waals surface area contributed by atoms with Crippen LogP contribution in [-0.4, -0.2) is 41.7 Å². The molecule has 1 heterocycles. The lowest BCUT2D eigenvalue weighted by molar-refractivity contribution is -0.174. The fraction of sp³-hybridized carbons (Fsp3) is 0.350. The van der Waals surface area contributed by atoms with E-state index in [-0.39, 0.29) is 0 Å². The smallest absolute Gasteiger partial charge is 0.339 e. The lowest BCUT2D eigenvalue weighted by atomic mass is 9.91. The highest BCUT2D eigenvalue weighted by Gasteiger charge is 2.41. The molecule has 1 fully saturated rings. The van der Waals surface area contributed by atoms with E-state index in [0.717, 1.165) is 11.1 Å². The van der Waals surface area contributed by atoms with Crippen LogP contribution in [0.4, 0.5) is 0 Å². The van der Waals surface area contributed by atoms with E-state index in [2.05, 4.69) is 4.90 Å². The highest BCUT2D eigenvalue weighted by molar-refractivity contribution is 5.80. The fourth-order valence-corrected chi connectivity index (χ4v) is 2.99. The van der Waals surface area contributed by atoms with Crippen LogP contribution in [-0.2, 0) is 9.53 Å². The van der Waals surface area contributed by atoms with Gasteiger partial charge in [-0.1, -0.05) is 60.7 Å². The second-order valence-corrected chi connectivity index (χ2v) is 6.44. The molecule has 4 heteroatoms. The zero-order valence-corrected chi connectivity index (χ0v) is 13.9. The maximum Gasteiger partial charge on any atom is 0.339 e. The molecule has 2 aromatic rings. The Balaban J connectivity index is 1.83. The molecular formula is C20H23NO3. The minimum Gasteiger partial charge on any atom is -0.450 e. The summed E-state index contributed by atoms with van der Waals surface area (Å²) < 4.78 is 5.79. The number of nitrogens with zero attached hydrogens (tertiary/aromatic N) is 1. The summed E-state index contributed by atoms with van der Waals surface area (Å²) in [7, 11) is 1.99. The average molecular weight is 325 g/mol. The first-order chi connectivity index (χ1) is 11.6. The molecule has 24 heavy (non-hydrogen) atoms. The van der Waals surface area contributed by atoms with Crippen molar-refractivity contribution in [2.45, 2.75) is 24.5 Å². The zero-order valence-electron chi connectivity index (χ0n) is 13.9. The van der Waals surface area contributed by atoms with Crippen molar-refractivity contribution in [3.05, 3.63) is 71.8 Å². The van der Waals surface area contributed by atoms with Crippen LogP contribution in [0.5, 0.6) is 0 Å². The topological polar surface area (TPSA) is 49.8 Å². The molecule has 0 spiro atoms. The Morgan fingerprint density at radius 1 is 1.00 bits per heavy atom. The highest BCUT2D eigenvalue weighted by atomic mass is 16.6. The SMILES string of the molecule is CN1CCC(O)(C(=O)OC(c2ccccc2)c2ccccc2)CC1. The molecule has 1 aliphatic heterocycles. The van der Waals surface area contributed by atoms with Crippen molar-refractivity contribution in [3.8, 4) is 0 Å². The Labute approximate surface area is 142 Å². The summed E-state index contributed by atoms with van der Waals surface area (Å²) in [5, 5.41) is 10.7. The predicted octanol–water partition coefficient (Wildman–Crippen LogP) is 2.78. The van der Waals surface area contributed by atoms with Gasteiger partial charge < -0.3 is 14.7 Å². The fourth-order valence-electron chi connectivity index (χ4n) is 2.99. The number of aliphatic hydroxyl groups is 1. The Hall–Kier alpha value is -2.17. The van der Waals surface area contributed by atoms with Crippen LogP contribution < -0.4 is 0 Å².